The van der Waals surface area contributed by atoms with Gasteiger partial charge in [0.25, 0.3) is 5.91 Å². The van der Waals surface area contributed by atoms with Crippen LogP contribution >= 0.6 is 0 Å². The lowest BCUT2D eigenvalue weighted by Gasteiger charge is -2.35. The number of para-hydroxylation sites is 1. The Labute approximate surface area is 159 Å². The first-order valence-electron chi connectivity index (χ1n) is 9.34. The van der Waals surface area contributed by atoms with Gasteiger partial charge >= 0.3 is 0 Å². The lowest BCUT2D eigenvalue weighted by molar-refractivity contribution is -0.139. The molecule has 140 valence electrons. The molecule has 1 aromatic carbocycles. The van der Waals surface area contributed by atoms with Gasteiger partial charge in [0.1, 0.15) is 11.4 Å². The van der Waals surface area contributed by atoms with Gasteiger partial charge in [0, 0.05) is 45.1 Å². The molecule has 1 aliphatic rings. The molecule has 1 saturated heterocycles. The van der Waals surface area contributed by atoms with E-state index < -0.39 is 6.10 Å². The van der Waals surface area contributed by atoms with Gasteiger partial charge in [-0.15, -0.1) is 0 Å². The van der Waals surface area contributed by atoms with E-state index in [9.17, 15) is 4.79 Å². The van der Waals surface area contributed by atoms with Crippen molar-refractivity contribution in [2.75, 3.05) is 26.2 Å². The number of hydrogen-bond donors (Lipinski definition) is 0. The average Bonchev–Trinajstić information content (AvgIpc) is 3.11. The Morgan fingerprint density at radius 3 is 2.56 bits per heavy atom. The Balaban J connectivity index is 1.29. The minimum Gasteiger partial charge on any atom is -0.481 e. The lowest BCUT2D eigenvalue weighted by atomic mass is 10.2. The van der Waals surface area contributed by atoms with Crippen molar-refractivity contribution in [1.29, 1.82) is 0 Å². The predicted octanol–water partition coefficient (Wildman–Crippen LogP) is 2.45. The number of fused-ring (bicyclic) bond motifs is 1. The standard InChI is InChI=1S/C21H24N4O2/c1-17(27-19-7-3-2-4-8-19)21(26)24-13-11-23(12-14-24)15-18-16-25-10-6-5-9-20(25)22-18/h2-10,16-17H,11-15H2,1H3. The van der Waals surface area contributed by atoms with Gasteiger partial charge in [0.05, 0.1) is 5.69 Å². The molecular formula is C21H24N4O2. The minimum atomic E-state index is -0.475. The molecule has 6 nitrogen and oxygen atoms in total. The molecule has 4 rings (SSSR count). The molecule has 1 fully saturated rings. The molecule has 1 aliphatic heterocycles. The van der Waals surface area contributed by atoms with Gasteiger partial charge in [-0.05, 0) is 31.2 Å². The Morgan fingerprint density at radius 1 is 1.07 bits per heavy atom. The highest BCUT2D eigenvalue weighted by molar-refractivity contribution is 5.81. The average molecular weight is 364 g/mol. The number of ether oxygens (including phenoxy) is 1. The van der Waals surface area contributed by atoms with Crippen LogP contribution in [0.4, 0.5) is 0 Å². The van der Waals surface area contributed by atoms with Gasteiger partial charge < -0.3 is 14.0 Å². The number of nitrogens with zero attached hydrogens (tertiary/aromatic N) is 4. The summed E-state index contributed by atoms with van der Waals surface area (Å²) in [5, 5.41) is 0. The van der Waals surface area contributed by atoms with Crippen LogP contribution in [-0.4, -0.2) is 57.4 Å². The Kier molecular flexibility index (Phi) is 5.07. The Bertz CT molecular complexity index is 868. The van der Waals surface area contributed by atoms with E-state index in [0.717, 1.165) is 36.7 Å². The molecule has 1 unspecified atom stereocenters. The van der Waals surface area contributed by atoms with E-state index in [0.29, 0.717) is 13.1 Å². The number of pyridine rings is 1. The van der Waals surface area contributed by atoms with Gasteiger partial charge in [-0.3, -0.25) is 9.69 Å². The molecule has 1 amide bonds. The predicted molar refractivity (Wildman–Crippen MR) is 104 cm³/mol. The van der Waals surface area contributed by atoms with Crippen LogP contribution in [0.2, 0.25) is 0 Å². The SMILES string of the molecule is CC(Oc1ccccc1)C(=O)N1CCN(Cc2cn3ccccc3n2)CC1. The first-order chi connectivity index (χ1) is 13.2. The molecule has 0 spiro atoms. The summed E-state index contributed by atoms with van der Waals surface area (Å²) in [5.41, 5.74) is 2.02. The molecule has 2 aromatic heterocycles. The van der Waals surface area contributed by atoms with Crippen molar-refractivity contribution in [3.8, 4) is 5.75 Å². The zero-order valence-corrected chi connectivity index (χ0v) is 15.5. The van der Waals surface area contributed by atoms with Gasteiger partial charge in [-0.25, -0.2) is 4.98 Å². The molecule has 6 heteroatoms. The smallest absolute Gasteiger partial charge is 0.263 e. The number of carbonyl (C=O) groups excluding carboxylic acids is 1. The van der Waals surface area contributed by atoms with E-state index in [1.807, 2.05) is 71.0 Å². The van der Waals surface area contributed by atoms with Crippen LogP contribution < -0.4 is 4.74 Å². The summed E-state index contributed by atoms with van der Waals surface area (Å²) in [5.74, 6) is 0.773. The van der Waals surface area contributed by atoms with Crippen LogP contribution in [-0.2, 0) is 11.3 Å². The van der Waals surface area contributed by atoms with Crippen molar-refractivity contribution < 1.29 is 9.53 Å². The van der Waals surface area contributed by atoms with Gasteiger partial charge in [-0.1, -0.05) is 24.3 Å². The maximum absolute atomic E-state index is 12.7. The first-order valence-corrected chi connectivity index (χ1v) is 9.34. The molecule has 0 radical (unpaired) electrons. The van der Waals surface area contributed by atoms with Crippen molar-refractivity contribution in [2.24, 2.45) is 0 Å². The van der Waals surface area contributed by atoms with E-state index in [1.165, 1.54) is 0 Å². The summed E-state index contributed by atoms with van der Waals surface area (Å²) in [6, 6.07) is 15.5. The second kappa shape index (κ2) is 7.80. The Hall–Kier alpha value is -2.86. The number of piperazine rings is 1. The first kappa shape index (κ1) is 17.5. The van der Waals surface area contributed by atoms with E-state index in [4.69, 9.17) is 4.74 Å². The molecule has 0 saturated carbocycles. The number of imidazole rings is 1. The quantitative estimate of drug-likeness (QED) is 0.698. The second-order valence-corrected chi connectivity index (χ2v) is 6.87. The maximum atomic E-state index is 12.7. The fourth-order valence-electron chi connectivity index (χ4n) is 3.43. The molecule has 0 aliphatic carbocycles. The van der Waals surface area contributed by atoms with Gasteiger partial charge in [0.2, 0.25) is 0 Å². The van der Waals surface area contributed by atoms with Crippen LogP contribution in [0.1, 0.15) is 12.6 Å². The van der Waals surface area contributed by atoms with E-state index in [2.05, 4.69) is 16.1 Å². The van der Waals surface area contributed by atoms with Crippen molar-refractivity contribution in [3.05, 3.63) is 66.6 Å². The Morgan fingerprint density at radius 2 is 1.81 bits per heavy atom. The summed E-state index contributed by atoms with van der Waals surface area (Å²) >= 11 is 0. The van der Waals surface area contributed by atoms with Crippen LogP contribution in [0.25, 0.3) is 5.65 Å². The number of amides is 1. The zero-order chi connectivity index (χ0) is 18.6. The summed E-state index contributed by atoms with van der Waals surface area (Å²) in [6.07, 6.45) is 3.61. The van der Waals surface area contributed by atoms with Crippen molar-refractivity contribution in [1.82, 2.24) is 19.2 Å². The molecule has 0 N–H and O–H groups in total. The molecule has 0 bridgehead atoms. The summed E-state index contributed by atoms with van der Waals surface area (Å²) in [7, 11) is 0. The molecule has 3 heterocycles. The summed E-state index contributed by atoms with van der Waals surface area (Å²) in [6.45, 7) is 5.75. The fourth-order valence-corrected chi connectivity index (χ4v) is 3.43. The van der Waals surface area contributed by atoms with Crippen molar-refractivity contribution >= 4 is 11.6 Å². The van der Waals surface area contributed by atoms with E-state index in [1.54, 1.807) is 0 Å². The minimum absolute atomic E-state index is 0.0474. The normalized spacial score (nSPS) is 16.4. The van der Waals surface area contributed by atoms with Crippen LogP contribution in [0.15, 0.2) is 60.9 Å². The third-order valence-corrected chi connectivity index (χ3v) is 4.89. The fraction of sp³-hybridized carbons (Fsp3) is 0.333. The highest BCUT2D eigenvalue weighted by atomic mass is 16.5. The summed E-state index contributed by atoms with van der Waals surface area (Å²) < 4.78 is 7.81. The molecule has 3 aromatic rings. The van der Waals surface area contributed by atoms with E-state index >= 15 is 0 Å². The summed E-state index contributed by atoms with van der Waals surface area (Å²) in [4.78, 5) is 21.5. The van der Waals surface area contributed by atoms with Crippen molar-refractivity contribution in [3.63, 3.8) is 0 Å². The lowest BCUT2D eigenvalue weighted by Crippen LogP contribution is -2.51. The molecular weight excluding hydrogens is 340 g/mol. The monoisotopic (exact) mass is 364 g/mol. The number of benzene rings is 1. The highest BCUT2D eigenvalue weighted by Crippen LogP contribution is 2.14. The van der Waals surface area contributed by atoms with Crippen LogP contribution in [0.3, 0.4) is 0 Å². The third-order valence-electron chi connectivity index (χ3n) is 4.89. The second-order valence-electron chi connectivity index (χ2n) is 6.87. The number of rotatable bonds is 5. The van der Waals surface area contributed by atoms with Crippen LogP contribution in [0.5, 0.6) is 5.75 Å². The number of carbonyl (C=O) groups is 1. The number of hydrogen-bond acceptors (Lipinski definition) is 4. The maximum Gasteiger partial charge on any atom is 0.263 e. The zero-order valence-electron chi connectivity index (χ0n) is 15.5. The topological polar surface area (TPSA) is 50.1 Å². The van der Waals surface area contributed by atoms with Gasteiger partial charge in [-0.2, -0.15) is 0 Å². The van der Waals surface area contributed by atoms with Gasteiger partial charge in [0.15, 0.2) is 6.10 Å². The highest BCUT2D eigenvalue weighted by Gasteiger charge is 2.26. The van der Waals surface area contributed by atoms with Crippen LogP contribution in [0, 0.1) is 0 Å². The largest absolute Gasteiger partial charge is 0.481 e. The van der Waals surface area contributed by atoms with Crippen molar-refractivity contribution in [2.45, 2.75) is 19.6 Å². The third kappa shape index (κ3) is 4.11. The molecule has 1 atom stereocenters. The number of aromatic nitrogens is 2. The molecule has 27 heavy (non-hydrogen) atoms. The van der Waals surface area contributed by atoms with E-state index in [-0.39, 0.29) is 5.91 Å².